The van der Waals surface area contributed by atoms with E-state index < -0.39 is 10.0 Å². The molecule has 0 radical (unpaired) electrons. The summed E-state index contributed by atoms with van der Waals surface area (Å²) in [6.45, 7) is 9.95. The number of carbonyl (C=O) groups excluding carboxylic acids is 1. The SMILES string of the molecule is CCN(CC)c1ccc(NS(=O)(=O)c2ccc3c(c2)C[C@H](C)N3C(=O)C2CCC2)c(C)c1. The van der Waals surface area contributed by atoms with Crippen LogP contribution in [0.2, 0.25) is 0 Å². The molecule has 0 spiro atoms. The van der Waals surface area contributed by atoms with Crippen molar-refractivity contribution in [2.24, 2.45) is 5.92 Å². The Balaban J connectivity index is 1.57. The van der Waals surface area contributed by atoms with Gasteiger partial charge < -0.3 is 9.80 Å². The number of carbonyl (C=O) groups is 1. The van der Waals surface area contributed by atoms with Crippen LogP contribution in [-0.4, -0.2) is 33.5 Å². The van der Waals surface area contributed by atoms with Crippen LogP contribution >= 0.6 is 0 Å². The van der Waals surface area contributed by atoms with Gasteiger partial charge in [-0.05, 0) is 94.5 Å². The molecule has 1 heterocycles. The minimum absolute atomic E-state index is 0.0545. The van der Waals surface area contributed by atoms with Crippen LogP contribution in [0.5, 0.6) is 0 Å². The zero-order chi connectivity index (χ0) is 23.0. The van der Waals surface area contributed by atoms with E-state index in [1.165, 1.54) is 0 Å². The third-order valence-electron chi connectivity index (χ3n) is 6.85. The molecule has 1 amide bonds. The fourth-order valence-corrected chi connectivity index (χ4v) is 5.89. The number of hydrogen-bond donors (Lipinski definition) is 1. The second kappa shape index (κ2) is 8.77. The molecular weight excluding hydrogens is 422 g/mol. The highest BCUT2D eigenvalue weighted by Gasteiger charge is 2.37. The van der Waals surface area contributed by atoms with Crippen molar-refractivity contribution < 1.29 is 13.2 Å². The molecule has 4 rings (SSSR count). The molecule has 1 fully saturated rings. The van der Waals surface area contributed by atoms with E-state index in [0.29, 0.717) is 12.1 Å². The molecular formula is C25H33N3O3S. The molecule has 1 saturated carbocycles. The Labute approximate surface area is 191 Å². The van der Waals surface area contributed by atoms with E-state index in [4.69, 9.17) is 0 Å². The first-order chi connectivity index (χ1) is 15.2. The summed E-state index contributed by atoms with van der Waals surface area (Å²) in [6.07, 6.45) is 3.71. The normalized spacial score (nSPS) is 18.2. The average molecular weight is 456 g/mol. The van der Waals surface area contributed by atoms with Crippen LogP contribution in [0, 0.1) is 12.8 Å². The molecule has 7 heteroatoms. The quantitative estimate of drug-likeness (QED) is 0.656. The molecule has 2 aliphatic rings. The number of nitrogens with one attached hydrogen (secondary N) is 1. The minimum atomic E-state index is -3.73. The molecule has 0 unspecified atom stereocenters. The second-order valence-electron chi connectivity index (χ2n) is 8.96. The zero-order valence-corrected chi connectivity index (χ0v) is 20.2. The van der Waals surface area contributed by atoms with E-state index in [0.717, 1.165) is 54.9 Å². The summed E-state index contributed by atoms with van der Waals surface area (Å²) in [4.78, 5) is 17.2. The van der Waals surface area contributed by atoms with Gasteiger partial charge in [-0.2, -0.15) is 0 Å². The van der Waals surface area contributed by atoms with Crippen LogP contribution in [0.3, 0.4) is 0 Å². The Kier molecular flexibility index (Phi) is 6.21. The summed E-state index contributed by atoms with van der Waals surface area (Å²) in [5.41, 5.74) is 4.31. The van der Waals surface area contributed by atoms with Crippen molar-refractivity contribution in [2.45, 2.75) is 64.3 Å². The van der Waals surface area contributed by atoms with Gasteiger partial charge in [-0.25, -0.2) is 8.42 Å². The number of aryl methyl sites for hydroxylation is 1. The highest BCUT2D eigenvalue weighted by atomic mass is 32.2. The Morgan fingerprint density at radius 1 is 1.12 bits per heavy atom. The molecule has 172 valence electrons. The standard InChI is InChI=1S/C25H33N3O3S/c1-5-27(6-2)21-10-12-23(17(3)14-21)26-32(30,31)22-11-13-24-20(16-22)15-18(4)28(24)25(29)19-8-7-9-19/h10-14,16,18-19,26H,5-9,15H2,1-4H3/t18-/m0/s1. The van der Waals surface area contributed by atoms with Crippen LogP contribution in [0.1, 0.15) is 51.2 Å². The predicted molar refractivity (Wildman–Crippen MR) is 130 cm³/mol. The van der Waals surface area contributed by atoms with Gasteiger partial charge in [0.1, 0.15) is 0 Å². The number of benzene rings is 2. The lowest BCUT2D eigenvalue weighted by atomic mass is 9.84. The van der Waals surface area contributed by atoms with Crippen molar-refractivity contribution in [2.75, 3.05) is 27.6 Å². The van der Waals surface area contributed by atoms with Crippen molar-refractivity contribution in [3.05, 3.63) is 47.5 Å². The van der Waals surface area contributed by atoms with E-state index in [9.17, 15) is 13.2 Å². The summed E-state index contributed by atoms with van der Waals surface area (Å²) in [6, 6.07) is 11.0. The van der Waals surface area contributed by atoms with Gasteiger partial charge in [0.05, 0.1) is 10.6 Å². The maximum absolute atomic E-state index is 13.1. The summed E-state index contributed by atoms with van der Waals surface area (Å²) in [5.74, 6) is 0.302. The van der Waals surface area contributed by atoms with Gasteiger partial charge in [0.2, 0.25) is 5.91 Å². The van der Waals surface area contributed by atoms with Crippen LogP contribution < -0.4 is 14.5 Å². The maximum atomic E-state index is 13.1. The molecule has 1 N–H and O–H groups in total. The molecule has 0 aromatic heterocycles. The lowest BCUT2D eigenvalue weighted by molar-refractivity contribution is -0.125. The van der Waals surface area contributed by atoms with Crippen molar-refractivity contribution in [1.82, 2.24) is 0 Å². The maximum Gasteiger partial charge on any atom is 0.261 e. The van der Waals surface area contributed by atoms with Crippen LogP contribution in [0.25, 0.3) is 0 Å². The van der Waals surface area contributed by atoms with Gasteiger partial charge >= 0.3 is 0 Å². The van der Waals surface area contributed by atoms with Gasteiger partial charge in [0, 0.05) is 36.4 Å². The number of rotatable bonds is 7. The first-order valence-electron chi connectivity index (χ1n) is 11.6. The number of fused-ring (bicyclic) bond motifs is 1. The van der Waals surface area contributed by atoms with E-state index in [2.05, 4.69) is 23.5 Å². The molecule has 6 nitrogen and oxygen atoms in total. The predicted octanol–water partition coefficient (Wildman–Crippen LogP) is 4.72. The molecule has 1 aliphatic heterocycles. The monoisotopic (exact) mass is 455 g/mol. The van der Waals surface area contributed by atoms with E-state index >= 15 is 0 Å². The Morgan fingerprint density at radius 3 is 2.44 bits per heavy atom. The third-order valence-corrected chi connectivity index (χ3v) is 8.21. The highest BCUT2D eigenvalue weighted by molar-refractivity contribution is 7.92. The number of anilines is 3. The smallest absolute Gasteiger partial charge is 0.261 e. The number of nitrogens with zero attached hydrogens (tertiary/aromatic N) is 2. The van der Waals surface area contributed by atoms with Crippen molar-refractivity contribution in [3.8, 4) is 0 Å². The number of sulfonamides is 1. The summed E-state index contributed by atoms with van der Waals surface area (Å²) < 4.78 is 29.0. The van der Waals surface area contributed by atoms with Crippen molar-refractivity contribution >= 4 is 33.0 Å². The summed E-state index contributed by atoms with van der Waals surface area (Å²) in [7, 11) is -3.73. The largest absolute Gasteiger partial charge is 0.372 e. The topological polar surface area (TPSA) is 69.7 Å². The summed E-state index contributed by atoms with van der Waals surface area (Å²) in [5, 5.41) is 0. The second-order valence-corrected chi connectivity index (χ2v) is 10.6. The minimum Gasteiger partial charge on any atom is -0.372 e. The molecule has 2 aromatic carbocycles. The van der Waals surface area contributed by atoms with Crippen LogP contribution in [0.15, 0.2) is 41.3 Å². The molecule has 0 bridgehead atoms. The Morgan fingerprint density at radius 2 is 1.84 bits per heavy atom. The molecule has 1 atom stereocenters. The molecule has 2 aromatic rings. The van der Waals surface area contributed by atoms with Gasteiger partial charge in [0.25, 0.3) is 10.0 Å². The lowest BCUT2D eigenvalue weighted by Gasteiger charge is -2.32. The van der Waals surface area contributed by atoms with Gasteiger partial charge in [0.15, 0.2) is 0 Å². The van der Waals surface area contributed by atoms with Crippen LogP contribution in [-0.2, 0) is 21.2 Å². The van der Waals surface area contributed by atoms with E-state index in [1.807, 2.05) is 36.9 Å². The Bertz CT molecular complexity index is 1120. The van der Waals surface area contributed by atoms with Crippen molar-refractivity contribution in [3.63, 3.8) is 0 Å². The molecule has 1 aliphatic carbocycles. The first-order valence-corrected chi connectivity index (χ1v) is 13.1. The van der Waals surface area contributed by atoms with Gasteiger partial charge in [-0.3, -0.25) is 9.52 Å². The van der Waals surface area contributed by atoms with E-state index in [-0.39, 0.29) is 22.8 Å². The van der Waals surface area contributed by atoms with Gasteiger partial charge in [-0.15, -0.1) is 0 Å². The van der Waals surface area contributed by atoms with Gasteiger partial charge in [-0.1, -0.05) is 6.42 Å². The fourth-order valence-electron chi connectivity index (χ4n) is 4.71. The van der Waals surface area contributed by atoms with Crippen LogP contribution in [0.4, 0.5) is 17.1 Å². The number of hydrogen-bond acceptors (Lipinski definition) is 4. The average Bonchev–Trinajstić information content (AvgIpc) is 3.04. The number of amides is 1. The van der Waals surface area contributed by atoms with E-state index in [1.54, 1.807) is 18.2 Å². The Hall–Kier alpha value is -2.54. The lowest BCUT2D eigenvalue weighted by Crippen LogP contribution is -2.42. The third kappa shape index (κ3) is 4.10. The van der Waals surface area contributed by atoms with Crippen molar-refractivity contribution in [1.29, 1.82) is 0 Å². The fraction of sp³-hybridized carbons (Fsp3) is 0.480. The molecule has 0 saturated heterocycles. The summed E-state index contributed by atoms with van der Waals surface area (Å²) >= 11 is 0. The zero-order valence-electron chi connectivity index (χ0n) is 19.4. The highest BCUT2D eigenvalue weighted by Crippen LogP contribution is 2.38. The first kappa shape index (κ1) is 22.6. The molecule has 32 heavy (non-hydrogen) atoms.